The lowest BCUT2D eigenvalue weighted by molar-refractivity contribution is -0.120. The number of thioether (sulfide) groups is 1. The van der Waals surface area contributed by atoms with Crippen molar-refractivity contribution in [1.29, 1.82) is 0 Å². The maximum absolute atomic E-state index is 11.5. The van der Waals surface area contributed by atoms with Crippen molar-refractivity contribution in [2.75, 3.05) is 12.0 Å². The van der Waals surface area contributed by atoms with Gasteiger partial charge in [0.1, 0.15) is 0 Å². The van der Waals surface area contributed by atoms with Crippen LogP contribution in [0.2, 0.25) is 0 Å². The van der Waals surface area contributed by atoms with Crippen molar-refractivity contribution in [2.45, 2.75) is 13.0 Å². The van der Waals surface area contributed by atoms with Crippen LogP contribution in [0.4, 0.5) is 0 Å². The Hall–Kier alpha value is -1.82. The van der Waals surface area contributed by atoms with E-state index >= 15 is 0 Å². The van der Waals surface area contributed by atoms with E-state index in [-0.39, 0.29) is 5.91 Å². The van der Waals surface area contributed by atoms with Crippen LogP contribution in [0, 0.1) is 0 Å². The van der Waals surface area contributed by atoms with E-state index in [1.54, 1.807) is 28.8 Å². The predicted molar refractivity (Wildman–Crippen MR) is 76.2 cm³/mol. The van der Waals surface area contributed by atoms with Crippen LogP contribution in [0.15, 0.2) is 36.8 Å². The minimum Gasteiger partial charge on any atom is -0.352 e. The van der Waals surface area contributed by atoms with E-state index in [2.05, 4.69) is 15.4 Å². The van der Waals surface area contributed by atoms with E-state index in [9.17, 15) is 4.79 Å². The first-order valence-corrected chi connectivity index (χ1v) is 7.39. The molecule has 2 rings (SSSR count). The topological polar surface area (TPSA) is 59.8 Å². The molecule has 0 saturated carbocycles. The van der Waals surface area contributed by atoms with Gasteiger partial charge in [-0.2, -0.15) is 16.9 Å². The average molecular weight is 276 g/mol. The Bertz CT molecular complexity index is 527. The number of hydrogen-bond acceptors (Lipinski definition) is 4. The van der Waals surface area contributed by atoms with Gasteiger partial charge in [0.25, 0.3) is 0 Å². The molecule has 1 amide bonds. The summed E-state index contributed by atoms with van der Waals surface area (Å²) in [6, 6.07) is 5.66. The summed E-state index contributed by atoms with van der Waals surface area (Å²) in [6.45, 7) is 0.518. The Morgan fingerprint density at radius 1 is 1.47 bits per heavy atom. The Kier molecular flexibility index (Phi) is 4.97. The Balaban J connectivity index is 1.94. The van der Waals surface area contributed by atoms with Gasteiger partial charge in [-0.25, -0.2) is 9.67 Å². The molecule has 100 valence electrons. The van der Waals surface area contributed by atoms with E-state index in [4.69, 9.17) is 0 Å². The van der Waals surface area contributed by atoms with Crippen LogP contribution in [0.3, 0.4) is 0 Å². The summed E-state index contributed by atoms with van der Waals surface area (Å²) >= 11 is 1.67. The highest BCUT2D eigenvalue weighted by Gasteiger charge is 2.03. The summed E-state index contributed by atoms with van der Waals surface area (Å²) in [5.74, 6) is 1.67. The molecule has 0 aliphatic rings. The van der Waals surface area contributed by atoms with Gasteiger partial charge in [-0.05, 0) is 30.0 Å². The summed E-state index contributed by atoms with van der Waals surface area (Å²) < 4.78 is 1.69. The van der Waals surface area contributed by atoms with Gasteiger partial charge < -0.3 is 5.32 Å². The molecule has 2 aromatic heterocycles. The molecular formula is C13H16N4OS. The van der Waals surface area contributed by atoms with Crippen molar-refractivity contribution in [3.63, 3.8) is 0 Å². The van der Waals surface area contributed by atoms with E-state index in [1.807, 2.05) is 30.7 Å². The van der Waals surface area contributed by atoms with Crippen LogP contribution >= 0.6 is 11.8 Å². The smallest absolute Gasteiger partial charge is 0.221 e. The van der Waals surface area contributed by atoms with Crippen molar-refractivity contribution in [3.05, 3.63) is 42.4 Å². The number of amides is 1. The maximum atomic E-state index is 11.5. The Morgan fingerprint density at radius 2 is 2.37 bits per heavy atom. The van der Waals surface area contributed by atoms with Crippen molar-refractivity contribution >= 4 is 17.7 Å². The third kappa shape index (κ3) is 4.10. The number of nitrogens with one attached hydrogen (secondary N) is 1. The molecule has 2 aromatic rings. The lowest BCUT2D eigenvalue weighted by atomic mass is 10.2. The minimum atomic E-state index is 0.0757. The fourth-order valence-electron chi connectivity index (χ4n) is 1.58. The first-order chi connectivity index (χ1) is 9.29. The average Bonchev–Trinajstić information content (AvgIpc) is 2.97. The van der Waals surface area contributed by atoms with Gasteiger partial charge in [-0.3, -0.25) is 4.79 Å². The summed E-state index contributed by atoms with van der Waals surface area (Å²) in [6.07, 6.45) is 7.81. The molecule has 0 spiro atoms. The van der Waals surface area contributed by atoms with Gasteiger partial charge in [0.15, 0.2) is 5.82 Å². The molecule has 6 heteroatoms. The zero-order chi connectivity index (χ0) is 13.5. The second kappa shape index (κ2) is 6.94. The molecule has 5 nitrogen and oxygen atoms in total. The summed E-state index contributed by atoms with van der Waals surface area (Å²) in [4.78, 5) is 15.8. The zero-order valence-corrected chi connectivity index (χ0v) is 11.6. The standard InChI is InChI=1S/C13H16N4OS/c1-19-8-4-13(18)15-10-11-3-6-14-12(9-11)17-7-2-5-16-17/h2-3,5-7,9H,4,8,10H2,1H3,(H,15,18). The number of carbonyl (C=O) groups is 1. The number of hydrogen-bond donors (Lipinski definition) is 1. The van der Waals surface area contributed by atoms with Gasteiger partial charge in [-0.1, -0.05) is 0 Å². The highest BCUT2D eigenvalue weighted by atomic mass is 32.2. The normalized spacial score (nSPS) is 10.4. The van der Waals surface area contributed by atoms with E-state index in [0.29, 0.717) is 13.0 Å². The van der Waals surface area contributed by atoms with E-state index in [1.165, 1.54) is 0 Å². The van der Waals surface area contributed by atoms with Crippen LogP contribution in [0.5, 0.6) is 0 Å². The second-order valence-electron chi connectivity index (χ2n) is 3.99. The summed E-state index contributed by atoms with van der Waals surface area (Å²) in [5, 5.41) is 7.02. The van der Waals surface area contributed by atoms with Crippen LogP contribution in [0.25, 0.3) is 5.82 Å². The molecule has 0 aliphatic heterocycles. The van der Waals surface area contributed by atoms with Crippen molar-refractivity contribution in [2.24, 2.45) is 0 Å². The molecule has 0 unspecified atom stereocenters. The van der Waals surface area contributed by atoms with Gasteiger partial charge in [-0.15, -0.1) is 0 Å². The Morgan fingerprint density at radius 3 is 3.11 bits per heavy atom. The molecule has 0 fully saturated rings. The lowest BCUT2D eigenvalue weighted by Gasteiger charge is -2.06. The van der Waals surface area contributed by atoms with Crippen LogP contribution in [0.1, 0.15) is 12.0 Å². The highest BCUT2D eigenvalue weighted by molar-refractivity contribution is 7.98. The first-order valence-electron chi connectivity index (χ1n) is 6.00. The van der Waals surface area contributed by atoms with Crippen molar-refractivity contribution in [1.82, 2.24) is 20.1 Å². The molecule has 2 heterocycles. The number of aromatic nitrogens is 3. The quantitative estimate of drug-likeness (QED) is 0.871. The SMILES string of the molecule is CSCCC(=O)NCc1ccnc(-n2cccn2)c1. The van der Waals surface area contributed by atoms with Crippen molar-refractivity contribution < 1.29 is 4.79 Å². The molecule has 19 heavy (non-hydrogen) atoms. The largest absolute Gasteiger partial charge is 0.352 e. The zero-order valence-electron chi connectivity index (χ0n) is 10.7. The van der Waals surface area contributed by atoms with Crippen LogP contribution in [-0.2, 0) is 11.3 Å². The van der Waals surface area contributed by atoms with E-state index < -0.39 is 0 Å². The lowest BCUT2D eigenvalue weighted by Crippen LogP contribution is -2.23. The number of nitrogens with zero attached hydrogens (tertiary/aromatic N) is 3. The molecule has 0 radical (unpaired) electrons. The third-order valence-corrected chi connectivity index (χ3v) is 3.18. The van der Waals surface area contributed by atoms with Gasteiger partial charge in [0.05, 0.1) is 0 Å². The predicted octanol–water partition coefficient (Wildman–Crippen LogP) is 1.64. The number of carbonyl (C=O) groups excluding carboxylic acids is 1. The molecule has 0 aromatic carbocycles. The minimum absolute atomic E-state index is 0.0757. The number of rotatable bonds is 6. The molecule has 0 bridgehead atoms. The molecule has 0 saturated heterocycles. The fraction of sp³-hybridized carbons (Fsp3) is 0.308. The van der Waals surface area contributed by atoms with Gasteiger partial charge in [0, 0.05) is 37.3 Å². The molecule has 1 N–H and O–H groups in total. The second-order valence-corrected chi connectivity index (χ2v) is 4.98. The number of pyridine rings is 1. The monoisotopic (exact) mass is 276 g/mol. The molecule has 0 aliphatic carbocycles. The van der Waals surface area contributed by atoms with Crippen molar-refractivity contribution in [3.8, 4) is 5.82 Å². The first kappa shape index (κ1) is 13.6. The van der Waals surface area contributed by atoms with Crippen LogP contribution in [-0.4, -0.2) is 32.7 Å². The summed E-state index contributed by atoms with van der Waals surface area (Å²) in [7, 11) is 0. The Labute approximate surface area is 116 Å². The summed E-state index contributed by atoms with van der Waals surface area (Å²) in [5.41, 5.74) is 1.01. The molecular weight excluding hydrogens is 260 g/mol. The fourth-order valence-corrected chi connectivity index (χ4v) is 1.97. The molecule has 0 atom stereocenters. The maximum Gasteiger partial charge on any atom is 0.221 e. The van der Waals surface area contributed by atoms with Gasteiger partial charge >= 0.3 is 0 Å². The third-order valence-electron chi connectivity index (χ3n) is 2.57. The van der Waals surface area contributed by atoms with E-state index in [0.717, 1.165) is 17.1 Å². The van der Waals surface area contributed by atoms with Crippen LogP contribution < -0.4 is 5.32 Å². The van der Waals surface area contributed by atoms with Gasteiger partial charge in [0.2, 0.25) is 5.91 Å². The highest BCUT2D eigenvalue weighted by Crippen LogP contribution is 2.06.